The molecule has 0 bridgehead atoms. The summed E-state index contributed by atoms with van der Waals surface area (Å²) in [6.07, 6.45) is 10.8. The van der Waals surface area contributed by atoms with Gasteiger partial charge in [0.15, 0.2) is 0 Å². The molecule has 0 aromatic carbocycles. The maximum atomic E-state index is 4.69. The lowest BCUT2D eigenvalue weighted by Gasteiger charge is -2.44. The quantitative estimate of drug-likeness (QED) is 0.751. The van der Waals surface area contributed by atoms with E-state index in [1.54, 1.807) is 0 Å². The molecule has 4 heteroatoms. The minimum Gasteiger partial charge on any atom is -0.356 e. The second kappa shape index (κ2) is 6.00. The standard InChI is InChI=1S/C16H24BrN3/c1-2-14-18-13(17)12-15(19-14)20-10-8-16(9-11-20)6-4-3-5-7-16/h12H,2-11H2,1H3. The fourth-order valence-electron chi connectivity index (χ4n) is 3.78. The first kappa shape index (κ1) is 14.3. The molecule has 0 amide bonds. The van der Waals surface area contributed by atoms with Crippen LogP contribution in [-0.4, -0.2) is 23.1 Å². The van der Waals surface area contributed by atoms with Crippen molar-refractivity contribution in [1.82, 2.24) is 9.97 Å². The molecular formula is C16H24BrN3. The number of piperidine rings is 1. The molecule has 1 saturated heterocycles. The summed E-state index contributed by atoms with van der Waals surface area (Å²) in [4.78, 5) is 11.6. The molecule has 1 aromatic heterocycles. The van der Waals surface area contributed by atoms with Gasteiger partial charge in [0.1, 0.15) is 16.2 Å². The molecular weight excluding hydrogens is 314 g/mol. The van der Waals surface area contributed by atoms with Crippen LogP contribution in [0.25, 0.3) is 0 Å². The van der Waals surface area contributed by atoms with Crippen LogP contribution in [0.1, 0.15) is 57.7 Å². The van der Waals surface area contributed by atoms with Crippen molar-refractivity contribution in [2.75, 3.05) is 18.0 Å². The lowest BCUT2D eigenvalue weighted by atomic mass is 9.68. The number of aromatic nitrogens is 2. The van der Waals surface area contributed by atoms with E-state index in [9.17, 15) is 0 Å². The van der Waals surface area contributed by atoms with E-state index >= 15 is 0 Å². The van der Waals surface area contributed by atoms with Gasteiger partial charge in [-0.05, 0) is 47.0 Å². The largest absolute Gasteiger partial charge is 0.356 e. The summed E-state index contributed by atoms with van der Waals surface area (Å²) in [5, 5.41) is 0. The molecule has 0 unspecified atom stereocenters. The normalized spacial score (nSPS) is 22.2. The Labute approximate surface area is 130 Å². The fraction of sp³-hybridized carbons (Fsp3) is 0.750. The van der Waals surface area contributed by atoms with Gasteiger partial charge in [-0.1, -0.05) is 26.2 Å². The number of hydrogen-bond acceptors (Lipinski definition) is 3. The van der Waals surface area contributed by atoms with Crippen LogP contribution < -0.4 is 4.90 Å². The number of hydrogen-bond donors (Lipinski definition) is 0. The van der Waals surface area contributed by atoms with Gasteiger partial charge >= 0.3 is 0 Å². The van der Waals surface area contributed by atoms with Gasteiger partial charge in [-0.25, -0.2) is 9.97 Å². The molecule has 1 aromatic rings. The second-order valence-corrected chi connectivity index (χ2v) is 7.18. The Morgan fingerprint density at radius 1 is 1.10 bits per heavy atom. The van der Waals surface area contributed by atoms with E-state index in [1.165, 1.54) is 44.9 Å². The highest BCUT2D eigenvalue weighted by Crippen LogP contribution is 2.45. The summed E-state index contributed by atoms with van der Waals surface area (Å²) in [7, 11) is 0. The SMILES string of the molecule is CCc1nc(Br)cc(N2CCC3(CCCCC3)CC2)n1. The summed E-state index contributed by atoms with van der Waals surface area (Å²) in [6.45, 7) is 4.43. The van der Waals surface area contributed by atoms with Crippen molar-refractivity contribution in [3.63, 3.8) is 0 Å². The molecule has 1 aliphatic carbocycles. The lowest BCUT2D eigenvalue weighted by molar-refractivity contribution is 0.144. The molecule has 0 N–H and O–H groups in total. The summed E-state index contributed by atoms with van der Waals surface area (Å²) >= 11 is 3.51. The number of halogens is 1. The molecule has 110 valence electrons. The Morgan fingerprint density at radius 3 is 2.45 bits per heavy atom. The van der Waals surface area contributed by atoms with Gasteiger partial charge in [-0.2, -0.15) is 0 Å². The molecule has 1 saturated carbocycles. The van der Waals surface area contributed by atoms with Crippen LogP contribution in [0.2, 0.25) is 0 Å². The number of rotatable bonds is 2. The average Bonchev–Trinajstić information content (AvgIpc) is 2.48. The fourth-order valence-corrected chi connectivity index (χ4v) is 4.19. The van der Waals surface area contributed by atoms with Crippen LogP contribution in [-0.2, 0) is 6.42 Å². The zero-order valence-corrected chi connectivity index (χ0v) is 14.0. The van der Waals surface area contributed by atoms with Crippen LogP contribution in [0.5, 0.6) is 0 Å². The minimum absolute atomic E-state index is 0.659. The van der Waals surface area contributed by atoms with Gasteiger partial charge in [0.05, 0.1) is 0 Å². The van der Waals surface area contributed by atoms with Gasteiger partial charge in [-0.15, -0.1) is 0 Å². The zero-order valence-electron chi connectivity index (χ0n) is 12.4. The predicted octanol–water partition coefficient (Wildman–Crippen LogP) is 4.35. The highest BCUT2D eigenvalue weighted by atomic mass is 79.9. The van der Waals surface area contributed by atoms with Gasteiger partial charge in [0, 0.05) is 25.6 Å². The third kappa shape index (κ3) is 3.00. The first-order valence-electron chi connectivity index (χ1n) is 7.99. The Bertz CT molecular complexity index is 459. The van der Waals surface area contributed by atoms with Gasteiger partial charge in [-0.3, -0.25) is 0 Å². The lowest BCUT2D eigenvalue weighted by Crippen LogP contribution is -2.41. The number of aryl methyl sites for hydroxylation is 1. The van der Waals surface area contributed by atoms with Crippen molar-refractivity contribution in [3.8, 4) is 0 Å². The maximum Gasteiger partial charge on any atom is 0.133 e. The molecule has 1 spiro atoms. The highest BCUT2D eigenvalue weighted by molar-refractivity contribution is 9.10. The van der Waals surface area contributed by atoms with Crippen molar-refractivity contribution >= 4 is 21.7 Å². The number of nitrogens with zero attached hydrogens (tertiary/aromatic N) is 3. The van der Waals surface area contributed by atoms with Gasteiger partial charge in [0.2, 0.25) is 0 Å². The first-order valence-corrected chi connectivity index (χ1v) is 8.78. The molecule has 0 atom stereocenters. The van der Waals surface area contributed by atoms with Crippen LogP contribution >= 0.6 is 15.9 Å². The zero-order chi connectivity index (χ0) is 14.0. The van der Waals surface area contributed by atoms with E-state index in [4.69, 9.17) is 4.98 Å². The third-order valence-electron chi connectivity index (χ3n) is 5.11. The van der Waals surface area contributed by atoms with E-state index in [2.05, 4.69) is 38.8 Å². The maximum absolute atomic E-state index is 4.69. The highest BCUT2D eigenvalue weighted by Gasteiger charge is 2.35. The molecule has 3 rings (SSSR count). The van der Waals surface area contributed by atoms with E-state index in [-0.39, 0.29) is 0 Å². The van der Waals surface area contributed by atoms with Gasteiger partial charge in [0.25, 0.3) is 0 Å². The summed E-state index contributed by atoms with van der Waals surface area (Å²) in [5.74, 6) is 2.04. The van der Waals surface area contributed by atoms with Crippen molar-refractivity contribution in [3.05, 3.63) is 16.5 Å². The summed E-state index contributed by atoms with van der Waals surface area (Å²) in [5.41, 5.74) is 0.659. The molecule has 20 heavy (non-hydrogen) atoms. The Morgan fingerprint density at radius 2 is 1.80 bits per heavy atom. The van der Waals surface area contributed by atoms with Crippen LogP contribution in [0.4, 0.5) is 5.82 Å². The molecule has 2 fully saturated rings. The Balaban J connectivity index is 1.70. The Kier molecular flexibility index (Phi) is 4.29. The smallest absolute Gasteiger partial charge is 0.133 e. The van der Waals surface area contributed by atoms with Crippen LogP contribution in [0, 0.1) is 5.41 Å². The molecule has 2 aliphatic rings. The Hall–Kier alpha value is -0.640. The summed E-state index contributed by atoms with van der Waals surface area (Å²) < 4.78 is 0.914. The average molecular weight is 338 g/mol. The van der Waals surface area contributed by atoms with Crippen LogP contribution in [0.15, 0.2) is 10.7 Å². The molecule has 1 aliphatic heterocycles. The topological polar surface area (TPSA) is 29.0 Å². The second-order valence-electron chi connectivity index (χ2n) is 6.37. The van der Waals surface area contributed by atoms with Crippen molar-refractivity contribution in [2.24, 2.45) is 5.41 Å². The molecule has 0 radical (unpaired) electrons. The molecule has 2 heterocycles. The molecule has 3 nitrogen and oxygen atoms in total. The van der Waals surface area contributed by atoms with E-state index < -0.39 is 0 Å². The van der Waals surface area contributed by atoms with Crippen molar-refractivity contribution in [1.29, 1.82) is 0 Å². The van der Waals surface area contributed by atoms with Gasteiger partial charge < -0.3 is 4.90 Å². The summed E-state index contributed by atoms with van der Waals surface area (Å²) in [6, 6.07) is 2.07. The van der Waals surface area contributed by atoms with E-state index in [0.717, 1.165) is 35.8 Å². The third-order valence-corrected chi connectivity index (χ3v) is 5.51. The van der Waals surface area contributed by atoms with E-state index in [1.807, 2.05) is 0 Å². The van der Waals surface area contributed by atoms with Crippen molar-refractivity contribution < 1.29 is 0 Å². The first-order chi connectivity index (χ1) is 9.71. The van der Waals surface area contributed by atoms with Crippen LogP contribution in [0.3, 0.4) is 0 Å². The van der Waals surface area contributed by atoms with Crippen molar-refractivity contribution in [2.45, 2.75) is 58.3 Å². The van der Waals surface area contributed by atoms with E-state index in [0.29, 0.717) is 5.41 Å². The number of anilines is 1. The predicted molar refractivity (Wildman–Crippen MR) is 86.1 cm³/mol. The minimum atomic E-state index is 0.659. The monoisotopic (exact) mass is 337 g/mol.